The normalized spacial score (nSPS) is 13.2. The van der Waals surface area contributed by atoms with Crippen LogP contribution in [0.1, 0.15) is 57.8 Å². The molecular weight excluding hydrogens is 332 g/mol. The van der Waals surface area contributed by atoms with Crippen LogP contribution in [0, 0.1) is 6.92 Å². The van der Waals surface area contributed by atoms with E-state index in [9.17, 15) is 9.90 Å². The second-order valence-corrected chi connectivity index (χ2v) is 7.81. The lowest BCUT2D eigenvalue weighted by molar-refractivity contribution is 0.0636. The van der Waals surface area contributed by atoms with Crippen molar-refractivity contribution in [3.63, 3.8) is 0 Å². The van der Waals surface area contributed by atoms with E-state index < -0.39 is 23.2 Å². The molecule has 0 aliphatic rings. The first-order chi connectivity index (χ1) is 12.0. The van der Waals surface area contributed by atoms with Gasteiger partial charge in [-0.25, -0.2) is 14.8 Å². The van der Waals surface area contributed by atoms with Crippen molar-refractivity contribution < 1.29 is 14.6 Å². The molecular formula is C19H26N4O3. The lowest BCUT2D eigenvalue weighted by Crippen LogP contribution is -2.30. The van der Waals surface area contributed by atoms with Gasteiger partial charge in [0.05, 0.1) is 23.0 Å². The number of aromatic nitrogens is 3. The minimum absolute atomic E-state index is 0.467. The van der Waals surface area contributed by atoms with E-state index in [1.165, 1.54) is 6.20 Å². The van der Waals surface area contributed by atoms with E-state index >= 15 is 0 Å². The summed E-state index contributed by atoms with van der Waals surface area (Å²) in [4.78, 5) is 24.7. The zero-order chi connectivity index (χ0) is 19.5. The van der Waals surface area contributed by atoms with E-state index in [4.69, 9.17) is 4.74 Å². The number of hydrogen-bond acceptors (Lipinski definition) is 6. The number of carbonyl (C=O) groups excluding carboxylic acids is 1. The van der Waals surface area contributed by atoms with Gasteiger partial charge in [-0.15, -0.1) is 0 Å². The molecule has 2 N–H and O–H groups in total. The van der Waals surface area contributed by atoms with Crippen LogP contribution in [0.2, 0.25) is 0 Å². The molecule has 1 amide bonds. The third-order valence-corrected chi connectivity index (χ3v) is 3.75. The number of aryl methyl sites for hydroxylation is 1. The van der Waals surface area contributed by atoms with Gasteiger partial charge in [0, 0.05) is 12.4 Å². The maximum absolute atomic E-state index is 11.8. The van der Waals surface area contributed by atoms with Crippen molar-refractivity contribution in [3.05, 3.63) is 47.8 Å². The molecule has 0 saturated carbocycles. The van der Waals surface area contributed by atoms with E-state index in [0.717, 1.165) is 5.56 Å². The summed E-state index contributed by atoms with van der Waals surface area (Å²) in [6.07, 6.45) is 3.46. The topological polar surface area (TPSA) is 97.2 Å². The monoisotopic (exact) mass is 358 g/mol. The Hall–Kier alpha value is -2.54. The standard InChI is InChI=1S/C19H26N4O3/c1-12-9-21-16(22-10-12)19(5,6)15(24)14-8-7-13(11-20-14)23-17(25)26-18(2,3)4/h7-11,15,24H,1-6H3,(H,23,25). The first kappa shape index (κ1) is 19.8. The van der Waals surface area contributed by atoms with E-state index in [0.29, 0.717) is 17.2 Å². The van der Waals surface area contributed by atoms with Crippen LogP contribution in [0.3, 0.4) is 0 Å². The number of nitrogens with zero attached hydrogens (tertiary/aromatic N) is 3. The highest BCUT2D eigenvalue weighted by molar-refractivity contribution is 5.84. The Kier molecular flexibility index (Phi) is 5.61. The summed E-state index contributed by atoms with van der Waals surface area (Å²) < 4.78 is 5.20. The summed E-state index contributed by atoms with van der Waals surface area (Å²) in [6, 6.07) is 3.33. The average Bonchev–Trinajstić information content (AvgIpc) is 2.53. The molecule has 0 saturated heterocycles. The molecule has 7 heteroatoms. The molecule has 140 valence electrons. The maximum Gasteiger partial charge on any atom is 0.412 e. The molecule has 7 nitrogen and oxygen atoms in total. The minimum Gasteiger partial charge on any atom is -0.444 e. The highest BCUT2D eigenvalue weighted by atomic mass is 16.6. The van der Waals surface area contributed by atoms with Gasteiger partial charge < -0.3 is 9.84 Å². The number of amides is 1. The quantitative estimate of drug-likeness (QED) is 0.867. The third kappa shape index (κ3) is 4.98. The fraction of sp³-hybridized carbons (Fsp3) is 0.474. The van der Waals surface area contributed by atoms with Crippen molar-refractivity contribution in [1.82, 2.24) is 15.0 Å². The Balaban J connectivity index is 2.11. The molecule has 1 unspecified atom stereocenters. The Labute approximate surface area is 153 Å². The summed E-state index contributed by atoms with van der Waals surface area (Å²) in [6.45, 7) is 11.0. The Morgan fingerprint density at radius 1 is 1.08 bits per heavy atom. The SMILES string of the molecule is Cc1cnc(C(C)(C)C(O)c2ccc(NC(=O)OC(C)(C)C)cn2)nc1. The fourth-order valence-electron chi connectivity index (χ4n) is 2.28. The molecule has 1 atom stereocenters. The van der Waals surface area contributed by atoms with Crippen molar-refractivity contribution in [2.45, 2.75) is 58.7 Å². The average molecular weight is 358 g/mol. The highest BCUT2D eigenvalue weighted by Gasteiger charge is 2.34. The van der Waals surface area contributed by atoms with Crippen molar-refractivity contribution >= 4 is 11.8 Å². The van der Waals surface area contributed by atoms with Crippen LogP contribution >= 0.6 is 0 Å². The number of ether oxygens (including phenoxy) is 1. The van der Waals surface area contributed by atoms with Crippen LogP contribution in [-0.2, 0) is 10.2 Å². The molecule has 2 aromatic rings. The van der Waals surface area contributed by atoms with Crippen LogP contribution in [0.4, 0.5) is 10.5 Å². The van der Waals surface area contributed by atoms with E-state index in [1.807, 2.05) is 20.8 Å². The molecule has 0 aliphatic heterocycles. The lowest BCUT2D eigenvalue weighted by Gasteiger charge is -2.28. The largest absolute Gasteiger partial charge is 0.444 e. The summed E-state index contributed by atoms with van der Waals surface area (Å²) in [5, 5.41) is 13.4. The zero-order valence-corrected chi connectivity index (χ0v) is 16.1. The van der Waals surface area contributed by atoms with E-state index in [1.54, 1.807) is 45.3 Å². The van der Waals surface area contributed by atoms with E-state index in [-0.39, 0.29) is 0 Å². The number of nitrogens with one attached hydrogen (secondary N) is 1. The first-order valence-electron chi connectivity index (χ1n) is 8.42. The molecule has 0 radical (unpaired) electrons. The van der Waals surface area contributed by atoms with Crippen molar-refractivity contribution in [2.24, 2.45) is 0 Å². The van der Waals surface area contributed by atoms with Gasteiger partial charge in [0.1, 0.15) is 17.5 Å². The number of aliphatic hydroxyl groups excluding tert-OH is 1. The van der Waals surface area contributed by atoms with Crippen LogP contribution in [0.5, 0.6) is 0 Å². The Morgan fingerprint density at radius 3 is 2.19 bits per heavy atom. The van der Waals surface area contributed by atoms with Gasteiger partial charge in [0.2, 0.25) is 0 Å². The Morgan fingerprint density at radius 2 is 1.69 bits per heavy atom. The summed E-state index contributed by atoms with van der Waals surface area (Å²) in [7, 11) is 0. The van der Waals surface area contributed by atoms with Gasteiger partial charge in [-0.1, -0.05) is 0 Å². The number of rotatable bonds is 4. The van der Waals surface area contributed by atoms with Crippen LogP contribution in [-0.4, -0.2) is 31.8 Å². The predicted molar refractivity (Wildman–Crippen MR) is 98.8 cm³/mol. The van der Waals surface area contributed by atoms with E-state index in [2.05, 4.69) is 20.3 Å². The lowest BCUT2D eigenvalue weighted by atomic mass is 9.83. The molecule has 0 bridgehead atoms. The number of hydrogen-bond donors (Lipinski definition) is 2. The molecule has 2 heterocycles. The van der Waals surface area contributed by atoms with Crippen molar-refractivity contribution in [3.8, 4) is 0 Å². The minimum atomic E-state index is -0.902. The zero-order valence-electron chi connectivity index (χ0n) is 16.1. The second-order valence-electron chi connectivity index (χ2n) is 7.81. The smallest absolute Gasteiger partial charge is 0.412 e. The van der Waals surface area contributed by atoms with Gasteiger partial charge in [0.15, 0.2) is 0 Å². The van der Waals surface area contributed by atoms with Crippen LogP contribution in [0.15, 0.2) is 30.7 Å². The third-order valence-electron chi connectivity index (χ3n) is 3.75. The number of aliphatic hydroxyl groups is 1. The molecule has 2 rings (SSSR count). The van der Waals surface area contributed by atoms with Gasteiger partial charge in [-0.2, -0.15) is 0 Å². The second kappa shape index (κ2) is 7.37. The molecule has 2 aromatic heterocycles. The first-order valence-corrected chi connectivity index (χ1v) is 8.42. The molecule has 0 fully saturated rings. The molecule has 0 spiro atoms. The van der Waals surface area contributed by atoms with Gasteiger partial charge >= 0.3 is 6.09 Å². The summed E-state index contributed by atoms with van der Waals surface area (Å²) in [5.74, 6) is 0.536. The maximum atomic E-state index is 11.8. The van der Waals surface area contributed by atoms with Crippen molar-refractivity contribution in [2.75, 3.05) is 5.32 Å². The molecule has 0 aliphatic carbocycles. The molecule has 0 aromatic carbocycles. The van der Waals surface area contributed by atoms with Crippen LogP contribution in [0.25, 0.3) is 0 Å². The Bertz CT molecular complexity index is 750. The molecule has 26 heavy (non-hydrogen) atoms. The number of carbonyl (C=O) groups is 1. The van der Waals surface area contributed by atoms with Crippen molar-refractivity contribution in [1.29, 1.82) is 0 Å². The fourth-order valence-corrected chi connectivity index (χ4v) is 2.28. The van der Waals surface area contributed by atoms with Gasteiger partial charge in [-0.3, -0.25) is 10.3 Å². The number of anilines is 1. The summed E-state index contributed by atoms with van der Waals surface area (Å²) >= 11 is 0. The number of pyridine rings is 1. The van der Waals surface area contributed by atoms with Gasteiger partial charge in [-0.05, 0) is 59.2 Å². The van der Waals surface area contributed by atoms with Crippen LogP contribution < -0.4 is 5.32 Å². The summed E-state index contributed by atoms with van der Waals surface area (Å²) in [5.41, 5.74) is 0.607. The van der Waals surface area contributed by atoms with Gasteiger partial charge in [0.25, 0.3) is 0 Å². The predicted octanol–water partition coefficient (Wildman–Crippen LogP) is 3.54. The highest BCUT2D eigenvalue weighted by Crippen LogP contribution is 2.34.